The third kappa shape index (κ3) is 4.76. The molecule has 1 amide bonds. The Labute approximate surface area is 126 Å². The van der Waals surface area contributed by atoms with Crippen LogP contribution in [0.1, 0.15) is 51.4 Å². The minimum absolute atomic E-state index is 0.0657. The van der Waals surface area contributed by atoms with Crippen LogP contribution in [0.4, 0.5) is 5.69 Å². The van der Waals surface area contributed by atoms with Crippen LogP contribution in [0, 0.1) is 5.92 Å². The molecule has 1 aromatic heterocycles. The second-order valence-corrected chi connectivity index (χ2v) is 6.51. The summed E-state index contributed by atoms with van der Waals surface area (Å²) in [7, 11) is 0. The average Bonchev–Trinajstić information content (AvgIpc) is 3.22. The lowest BCUT2D eigenvalue weighted by atomic mass is 10.0. The Hall–Kier alpha value is -1.52. The lowest BCUT2D eigenvalue weighted by Crippen LogP contribution is -2.29. The van der Waals surface area contributed by atoms with Gasteiger partial charge in [-0.15, -0.1) is 0 Å². The van der Waals surface area contributed by atoms with E-state index in [1.165, 1.54) is 38.5 Å². The molecule has 0 spiro atoms. The van der Waals surface area contributed by atoms with Gasteiger partial charge in [-0.05, 0) is 31.6 Å². The standard InChI is InChI=1S/C16H26N4O/c21-16(19-14-7-8-14)12-20-11-15(10-18-20)17-9-13-5-3-1-2-4-6-13/h10-11,13-14,17H,1-9,12H2,(H,19,21). The maximum Gasteiger partial charge on any atom is 0.241 e. The van der Waals surface area contributed by atoms with E-state index in [0.29, 0.717) is 12.6 Å². The van der Waals surface area contributed by atoms with E-state index < -0.39 is 0 Å². The Balaban J connectivity index is 1.42. The Morgan fingerprint density at radius 1 is 1.19 bits per heavy atom. The van der Waals surface area contributed by atoms with Gasteiger partial charge >= 0.3 is 0 Å². The number of carbonyl (C=O) groups excluding carboxylic acids is 1. The zero-order valence-electron chi connectivity index (χ0n) is 12.7. The van der Waals surface area contributed by atoms with Crippen molar-refractivity contribution < 1.29 is 4.79 Å². The highest BCUT2D eigenvalue weighted by Gasteiger charge is 2.23. The van der Waals surface area contributed by atoms with Crippen molar-refractivity contribution >= 4 is 11.6 Å². The number of hydrogen-bond acceptors (Lipinski definition) is 3. The Kier molecular flexibility index (Phi) is 4.78. The van der Waals surface area contributed by atoms with Crippen molar-refractivity contribution in [3.05, 3.63) is 12.4 Å². The first-order valence-electron chi connectivity index (χ1n) is 8.35. The largest absolute Gasteiger partial charge is 0.382 e. The normalized spacial score (nSPS) is 20.0. The molecule has 5 heteroatoms. The van der Waals surface area contributed by atoms with Crippen molar-refractivity contribution in [2.75, 3.05) is 11.9 Å². The van der Waals surface area contributed by atoms with Gasteiger partial charge in [0.25, 0.3) is 0 Å². The minimum atomic E-state index is 0.0657. The van der Waals surface area contributed by atoms with Crippen LogP contribution in [0.25, 0.3) is 0 Å². The number of carbonyl (C=O) groups is 1. The number of nitrogens with one attached hydrogen (secondary N) is 2. The lowest BCUT2D eigenvalue weighted by molar-refractivity contribution is -0.122. The van der Waals surface area contributed by atoms with Gasteiger partial charge in [-0.1, -0.05) is 25.7 Å². The molecule has 2 aliphatic carbocycles. The predicted octanol–water partition coefficient (Wildman–Crippen LogP) is 2.54. The molecule has 2 fully saturated rings. The minimum Gasteiger partial charge on any atom is -0.382 e. The third-order valence-corrected chi connectivity index (χ3v) is 4.45. The molecule has 2 aliphatic rings. The van der Waals surface area contributed by atoms with Crippen molar-refractivity contribution in [1.82, 2.24) is 15.1 Å². The van der Waals surface area contributed by atoms with Crippen LogP contribution >= 0.6 is 0 Å². The monoisotopic (exact) mass is 290 g/mol. The molecule has 2 saturated carbocycles. The number of amides is 1. The molecule has 0 bridgehead atoms. The molecule has 21 heavy (non-hydrogen) atoms. The van der Waals surface area contributed by atoms with Crippen molar-refractivity contribution in [2.45, 2.75) is 64.0 Å². The van der Waals surface area contributed by atoms with Crippen LogP contribution in [0.3, 0.4) is 0 Å². The number of rotatable bonds is 6. The SMILES string of the molecule is O=C(Cn1cc(NCC2CCCCCC2)cn1)NC1CC1. The van der Waals surface area contributed by atoms with E-state index in [4.69, 9.17) is 0 Å². The Bertz CT molecular complexity index is 459. The maximum absolute atomic E-state index is 11.7. The molecule has 2 N–H and O–H groups in total. The second-order valence-electron chi connectivity index (χ2n) is 6.51. The zero-order chi connectivity index (χ0) is 14.5. The van der Waals surface area contributed by atoms with Gasteiger partial charge in [0.05, 0.1) is 11.9 Å². The molecule has 5 nitrogen and oxygen atoms in total. The van der Waals surface area contributed by atoms with E-state index in [2.05, 4.69) is 15.7 Å². The lowest BCUT2D eigenvalue weighted by Gasteiger charge is -2.14. The van der Waals surface area contributed by atoms with Gasteiger partial charge in [0.15, 0.2) is 0 Å². The van der Waals surface area contributed by atoms with Crippen LogP contribution < -0.4 is 10.6 Å². The van der Waals surface area contributed by atoms with Crippen LogP contribution in [0.5, 0.6) is 0 Å². The van der Waals surface area contributed by atoms with Gasteiger partial charge in [-0.3, -0.25) is 9.48 Å². The molecule has 0 unspecified atom stereocenters. The van der Waals surface area contributed by atoms with Gasteiger partial charge in [-0.2, -0.15) is 5.10 Å². The topological polar surface area (TPSA) is 59.0 Å². The van der Waals surface area contributed by atoms with Crippen molar-refractivity contribution in [3.8, 4) is 0 Å². The number of nitrogens with zero attached hydrogens (tertiary/aromatic N) is 2. The van der Waals surface area contributed by atoms with Crippen LogP contribution in [-0.4, -0.2) is 28.3 Å². The van der Waals surface area contributed by atoms with Gasteiger partial charge in [-0.25, -0.2) is 0 Å². The quantitative estimate of drug-likeness (QED) is 0.792. The van der Waals surface area contributed by atoms with E-state index in [9.17, 15) is 4.79 Å². The van der Waals surface area contributed by atoms with Crippen LogP contribution in [0.15, 0.2) is 12.4 Å². The summed E-state index contributed by atoms with van der Waals surface area (Å²) in [5.41, 5.74) is 1.03. The van der Waals surface area contributed by atoms with E-state index >= 15 is 0 Å². The summed E-state index contributed by atoms with van der Waals surface area (Å²) in [6, 6.07) is 0.417. The van der Waals surface area contributed by atoms with Crippen molar-refractivity contribution in [3.63, 3.8) is 0 Å². The first kappa shape index (κ1) is 14.4. The van der Waals surface area contributed by atoms with Crippen molar-refractivity contribution in [2.24, 2.45) is 5.92 Å². The fraction of sp³-hybridized carbons (Fsp3) is 0.750. The first-order valence-corrected chi connectivity index (χ1v) is 8.35. The summed E-state index contributed by atoms with van der Waals surface area (Å²) in [5.74, 6) is 0.852. The summed E-state index contributed by atoms with van der Waals surface area (Å²) >= 11 is 0. The molecular formula is C16H26N4O. The Morgan fingerprint density at radius 2 is 1.95 bits per heavy atom. The second kappa shape index (κ2) is 6.96. The molecule has 3 rings (SSSR count). The highest BCUT2D eigenvalue weighted by molar-refractivity contribution is 5.76. The van der Waals surface area contributed by atoms with Crippen LogP contribution in [0.2, 0.25) is 0 Å². The van der Waals surface area contributed by atoms with E-state index in [1.54, 1.807) is 4.68 Å². The zero-order valence-corrected chi connectivity index (χ0v) is 12.7. The van der Waals surface area contributed by atoms with Gasteiger partial charge in [0.1, 0.15) is 6.54 Å². The van der Waals surface area contributed by atoms with Crippen molar-refractivity contribution in [1.29, 1.82) is 0 Å². The highest BCUT2D eigenvalue weighted by Crippen LogP contribution is 2.23. The fourth-order valence-corrected chi connectivity index (χ4v) is 3.02. The molecule has 0 saturated heterocycles. The van der Waals surface area contributed by atoms with Crippen LogP contribution in [-0.2, 0) is 11.3 Å². The third-order valence-electron chi connectivity index (χ3n) is 4.45. The summed E-state index contributed by atoms with van der Waals surface area (Å²) in [4.78, 5) is 11.7. The summed E-state index contributed by atoms with van der Waals surface area (Å²) in [6.07, 6.45) is 14.2. The molecule has 0 aromatic carbocycles. The molecule has 1 heterocycles. The smallest absolute Gasteiger partial charge is 0.241 e. The molecule has 116 valence electrons. The molecule has 1 aromatic rings. The van der Waals surface area contributed by atoms with E-state index in [1.807, 2.05) is 12.4 Å². The molecule has 0 atom stereocenters. The predicted molar refractivity (Wildman–Crippen MR) is 83.1 cm³/mol. The molecule has 0 radical (unpaired) electrons. The maximum atomic E-state index is 11.7. The number of hydrogen-bond donors (Lipinski definition) is 2. The van der Waals surface area contributed by atoms with Gasteiger partial charge in [0, 0.05) is 18.8 Å². The number of aromatic nitrogens is 2. The molecule has 0 aliphatic heterocycles. The average molecular weight is 290 g/mol. The summed E-state index contributed by atoms with van der Waals surface area (Å²) < 4.78 is 1.72. The first-order chi connectivity index (χ1) is 10.3. The van der Waals surface area contributed by atoms with Gasteiger partial charge in [0.2, 0.25) is 5.91 Å². The van der Waals surface area contributed by atoms with E-state index in [-0.39, 0.29) is 5.91 Å². The fourth-order valence-electron chi connectivity index (χ4n) is 3.02. The van der Waals surface area contributed by atoms with E-state index in [0.717, 1.165) is 31.0 Å². The Morgan fingerprint density at radius 3 is 2.67 bits per heavy atom. The summed E-state index contributed by atoms with van der Waals surface area (Å²) in [5, 5.41) is 10.7. The van der Waals surface area contributed by atoms with Gasteiger partial charge < -0.3 is 10.6 Å². The summed E-state index contributed by atoms with van der Waals surface area (Å²) in [6.45, 7) is 1.35. The molecular weight excluding hydrogens is 264 g/mol. The highest BCUT2D eigenvalue weighted by atomic mass is 16.2. The number of anilines is 1.